The Morgan fingerprint density at radius 3 is 2.75 bits per heavy atom. The van der Waals surface area contributed by atoms with E-state index in [0.29, 0.717) is 19.4 Å². The molecule has 6 heteroatoms. The minimum Gasteiger partial charge on any atom is -0.330 e. The van der Waals surface area contributed by atoms with Crippen molar-refractivity contribution in [1.29, 1.82) is 0 Å². The van der Waals surface area contributed by atoms with Gasteiger partial charge in [0.2, 0.25) is 0 Å². The molecule has 0 radical (unpaired) electrons. The van der Waals surface area contributed by atoms with E-state index < -0.39 is 16.8 Å². The predicted octanol–water partition coefficient (Wildman–Crippen LogP) is 1.47. The van der Waals surface area contributed by atoms with Gasteiger partial charge < -0.3 is 11.5 Å². The Bertz CT molecular complexity index is 384. The summed E-state index contributed by atoms with van der Waals surface area (Å²) in [5.74, 6) is -0.524. The maximum atomic E-state index is 13.0. The van der Waals surface area contributed by atoms with Gasteiger partial charge in [0.1, 0.15) is 5.82 Å². The number of benzene rings is 1. The lowest BCUT2D eigenvalue weighted by molar-refractivity contribution is -0.385. The van der Waals surface area contributed by atoms with Gasteiger partial charge in [0, 0.05) is 17.7 Å². The minimum atomic E-state index is -0.558. The Morgan fingerprint density at radius 1 is 1.50 bits per heavy atom. The van der Waals surface area contributed by atoms with Crippen LogP contribution < -0.4 is 11.5 Å². The summed E-state index contributed by atoms with van der Waals surface area (Å²) >= 11 is 0. The van der Waals surface area contributed by atoms with Crippen LogP contribution in [0, 0.1) is 15.9 Å². The molecule has 88 valence electrons. The van der Waals surface area contributed by atoms with Crippen molar-refractivity contribution in [3.05, 3.63) is 39.7 Å². The first-order chi connectivity index (χ1) is 7.56. The lowest BCUT2D eigenvalue weighted by Gasteiger charge is -2.11. The van der Waals surface area contributed by atoms with Gasteiger partial charge in [0.15, 0.2) is 0 Å². The number of nitro benzene ring substituents is 1. The van der Waals surface area contributed by atoms with Crippen LogP contribution in [0.4, 0.5) is 10.1 Å². The summed E-state index contributed by atoms with van der Waals surface area (Å²) in [6, 6.07) is 2.74. The second-order valence-corrected chi connectivity index (χ2v) is 3.50. The molecule has 0 bridgehead atoms. The van der Waals surface area contributed by atoms with Gasteiger partial charge in [-0.1, -0.05) is 0 Å². The molecule has 0 aromatic heterocycles. The predicted molar refractivity (Wildman–Crippen MR) is 58.3 cm³/mol. The van der Waals surface area contributed by atoms with Crippen molar-refractivity contribution in [2.45, 2.75) is 18.9 Å². The van der Waals surface area contributed by atoms with Crippen LogP contribution in [0.5, 0.6) is 0 Å². The highest BCUT2D eigenvalue weighted by molar-refractivity contribution is 5.42. The molecule has 0 spiro atoms. The molecule has 0 amide bonds. The molecule has 0 aliphatic carbocycles. The molecule has 4 N–H and O–H groups in total. The second-order valence-electron chi connectivity index (χ2n) is 3.50. The summed E-state index contributed by atoms with van der Waals surface area (Å²) in [5, 5.41) is 10.7. The molecule has 0 aliphatic heterocycles. The standard InChI is InChI=1S/C10H14FN3O2/c11-7-3-4-10(14(15)16)8(6-7)9(13)2-1-5-12/h3-4,6,9H,1-2,5,12-13H2/t9-/m0/s1. The van der Waals surface area contributed by atoms with Gasteiger partial charge in [-0.05, 0) is 31.5 Å². The molecule has 0 heterocycles. The summed E-state index contributed by atoms with van der Waals surface area (Å²) in [5.41, 5.74) is 11.2. The fourth-order valence-electron chi connectivity index (χ4n) is 1.48. The fourth-order valence-corrected chi connectivity index (χ4v) is 1.48. The largest absolute Gasteiger partial charge is 0.330 e. The maximum absolute atomic E-state index is 13.0. The number of halogens is 1. The smallest absolute Gasteiger partial charge is 0.274 e. The van der Waals surface area contributed by atoms with Crippen molar-refractivity contribution in [2.24, 2.45) is 11.5 Å². The van der Waals surface area contributed by atoms with Crippen molar-refractivity contribution in [1.82, 2.24) is 0 Å². The van der Waals surface area contributed by atoms with E-state index in [0.717, 1.165) is 18.2 Å². The van der Waals surface area contributed by atoms with E-state index in [9.17, 15) is 14.5 Å². The van der Waals surface area contributed by atoms with Crippen LogP contribution in [0.3, 0.4) is 0 Å². The van der Waals surface area contributed by atoms with E-state index in [1.54, 1.807) is 0 Å². The lowest BCUT2D eigenvalue weighted by atomic mass is 10.0. The number of nitrogens with two attached hydrogens (primary N) is 2. The van der Waals surface area contributed by atoms with E-state index in [1.165, 1.54) is 0 Å². The Labute approximate surface area is 92.4 Å². The molecule has 0 saturated heterocycles. The average Bonchev–Trinajstić information content (AvgIpc) is 2.25. The Balaban J connectivity index is 2.99. The van der Waals surface area contributed by atoms with Crippen LogP contribution >= 0.6 is 0 Å². The van der Waals surface area contributed by atoms with Gasteiger partial charge in [0.05, 0.1) is 4.92 Å². The fraction of sp³-hybridized carbons (Fsp3) is 0.400. The summed E-state index contributed by atoms with van der Waals surface area (Å²) in [6.45, 7) is 0.455. The summed E-state index contributed by atoms with van der Waals surface area (Å²) in [4.78, 5) is 10.2. The SMILES string of the molecule is NCCC[C@H](N)c1cc(F)ccc1[N+](=O)[O-]. The first-order valence-corrected chi connectivity index (χ1v) is 4.95. The molecule has 16 heavy (non-hydrogen) atoms. The van der Waals surface area contributed by atoms with Crippen LogP contribution in [0.1, 0.15) is 24.4 Å². The zero-order valence-corrected chi connectivity index (χ0v) is 8.73. The molecule has 1 rings (SSSR count). The van der Waals surface area contributed by atoms with E-state index in [2.05, 4.69) is 0 Å². The third-order valence-electron chi connectivity index (χ3n) is 2.30. The van der Waals surface area contributed by atoms with Crippen molar-refractivity contribution in [2.75, 3.05) is 6.54 Å². The molecule has 5 nitrogen and oxygen atoms in total. The molecular weight excluding hydrogens is 213 g/mol. The molecule has 0 saturated carbocycles. The lowest BCUT2D eigenvalue weighted by Crippen LogP contribution is -2.14. The van der Waals surface area contributed by atoms with Gasteiger partial charge in [-0.15, -0.1) is 0 Å². The van der Waals surface area contributed by atoms with Crippen LogP contribution in [-0.4, -0.2) is 11.5 Å². The van der Waals surface area contributed by atoms with E-state index in [1.807, 2.05) is 0 Å². The Hall–Kier alpha value is -1.53. The van der Waals surface area contributed by atoms with Crippen LogP contribution in [0.25, 0.3) is 0 Å². The van der Waals surface area contributed by atoms with E-state index >= 15 is 0 Å². The van der Waals surface area contributed by atoms with Crippen molar-refractivity contribution in [3.8, 4) is 0 Å². The number of hydrogen-bond acceptors (Lipinski definition) is 4. The third kappa shape index (κ3) is 2.98. The normalized spacial score (nSPS) is 12.4. The number of hydrogen-bond donors (Lipinski definition) is 2. The van der Waals surface area contributed by atoms with Gasteiger partial charge >= 0.3 is 0 Å². The molecule has 1 atom stereocenters. The first kappa shape index (κ1) is 12.5. The Kier molecular flexibility index (Phi) is 4.33. The summed E-state index contributed by atoms with van der Waals surface area (Å²) in [6.07, 6.45) is 1.15. The van der Waals surface area contributed by atoms with E-state index in [-0.39, 0.29) is 11.3 Å². The van der Waals surface area contributed by atoms with Gasteiger partial charge in [-0.25, -0.2) is 4.39 Å². The monoisotopic (exact) mass is 227 g/mol. The van der Waals surface area contributed by atoms with Crippen LogP contribution in [0.2, 0.25) is 0 Å². The highest BCUT2D eigenvalue weighted by atomic mass is 19.1. The number of nitrogens with zero attached hydrogens (tertiary/aromatic N) is 1. The van der Waals surface area contributed by atoms with E-state index in [4.69, 9.17) is 11.5 Å². The minimum absolute atomic E-state index is 0.147. The molecule has 0 fully saturated rings. The van der Waals surface area contributed by atoms with Gasteiger partial charge in [-0.3, -0.25) is 10.1 Å². The van der Waals surface area contributed by atoms with Gasteiger partial charge in [-0.2, -0.15) is 0 Å². The molecule has 1 aromatic carbocycles. The Morgan fingerprint density at radius 2 is 2.19 bits per heavy atom. The molecule has 0 unspecified atom stereocenters. The van der Waals surface area contributed by atoms with Gasteiger partial charge in [0.25, 0.3) is 5.69 Å². The molecule has 1 aromatic rings. The van der Waals surface area contributed by atoms with Crippen molar-refractivity contribution >= 4 is 5.69 Å². The second kappa shape index (κ2) is 5.53. The van der Waals surface area contributed by atoms with Crippen molar-refractivity contribution < 1.29 is 9.31 Å². The first-order valence-electron chi connectivity index (χ1n) is 4.95. The van der Waals surface area contributed by atoms with Crippen molar-refractivity contribution in [3.63, 3.8) is 0 Å². The van der Waals surface area contributed by atoms with Crippen LogP contribution in [-0.2, 0) is 0 Å². The summed E-state index contributed by atoms with van der Waals surface area (Å²) < 4.78 is 13.0. The quantitative estimate of drug-likeness (QED) is 0.588. The molecule has 0 aliphatic rings. The highest BCUT2D eigenvalue weighted by Gasteiger charge is 2.19. The van der Waals surface area contributed by atoms with Crippen LogP contribution in [0.15, 0.2) is 18.2 Å². The summed E-state index contributed by atoms with van der Waals surface area (Å²) in [7, 11) is 0. The zero-order valence-electron chi connectivity index (χ0n) is 8.73. The number of rotatable bonds is 5. The maximum Gasteiger partial charge on any atom is 0.274 e. The highest BCUT2D eigenvalue weighted by Crippen LogP contribution is 2.26. The zero-order chi connectivity index (χ0) is 12.1. The third-order valence-corrected chi connectivity index (χ3v) is 2.30. The molecular formula is C10H14FN3O2. The topological polar surface area (TPSA) is 95.2 Å². The average molecular weight is 227 g/mol. The number of nitro groups is 1.